The van der Waals surface area contributed by atoms with Gasteiger partial charge in [0, 0.05) is 22.8 Å². The van der Waals surface area contributed by atoms with E-state index in [0.717, 1.165) is 40.6 Å². The molecule has 8 heteroatoms. The van der Waals surface area contributed by atoms with Crippen molar-refractivity contribution in [1.82, 2.24) is 9.78 Å². The zero-order valence-corrected chi connectivity index (χ0v) is 13.8. The molecule has 2 nitrogen and oxygen atoms in total. The van der Waals surface area contributed by atoms with Gasteiger partial charge in [0.05, 0.1) is 21.3 Å². The minimum Gasteiger partial charge on any atom is -0.234 e. The van der Waals surface area contributed by atoms with Crippen LogP contribution in [0, 0.1) is 6.92 Å². The van der Waals surface area contributed by atoms with Crippen molar-refractivity contribution >= 4 is 39.6 Å². The molecule has 1 aliphatic heterocycles. The molecule has 0 spiro atoms. The van der Waals surface area contributed by atoms with Crippen molar-refractivity contribution in [3.05, 3.63) is 44.7 Å². The molecule has 1 atom stereocenters. The van der Waals surface area contributed by atoms with Crippen molar-refractivity contribution in [2.24, 2.45) is 0 Å². The fourth-order valence-corrected chi connectivity index (χ4v) is 4.65. The van der Waals surface area contributed by atoms with Gasteiger partial charge in [-0.25, -0.2) is 4.68 Å². The predicted octanol–water partition coefficient (Wildman–Crippen LogP) is 5.22. The number of rotatable bonds is 1. The Kier molecular flexibility index (Phi) is 3.82. The molecule has 0 saturated heterocycles. The Balaban J connectivity index is 2.15. The second-order valence-electron chi connectivity index (χ2n) is 5.11. The van der Waals surface area contributed by atoms with E-state index in [0.29, 0.717) is 0 Å². The van der Waals surface area contributed by atoms with Crippen LogP contribution in [-0.2, 0) is 17.7 Å². The zero-order chi connectivity index (χ0) is 16.2. The number of hydrogen-bond donors (Lipinski definition) is 0. The van der Waals surface area contributed by atoms with E-state index >= 15 is 0 Å². The third-order valence-corrected chi connectivity index (χ3v) is 5.52. The molecule has 0 bridgehead atoms. The summed E-state index contributed by atoms with van der Waals surface area (Å²) < 4.78 is 39.9. The van der Waals surface area contributed by atoms with E-state index in [4.69, 9.17) is 23.2 Å². The van der Waals surface area contributed by atoms with Crippen LogP contribution >= 0.6 is 33.7 Å². The van der Waals surface area contributed by atoms with Gasteiger partial charge in [0.15, 0.2) is 0 Å². The molecule has 1 aromatic heterocycles. The van der Waals surface area contributed by atoms with E-state index in [1.807, 2.05) is 6.92 Å². The van der Waals surface area contributed by atoms with Crippen molar-refractivity contribution in [2.75, 3.05) is 0 Å². The van der Waals surface area contributed by atoms with Crippen molar-refractivity contribution in [1.29, 1.82) is 0 Å². The van der Waals surface area contributed by atoms with Crippen LogP contribution in [0.1, 0.15) is 22.5 Å². The molecule has 0 radical (unpaired) electrons. The quantitative estimate of drug-likeness (QED) is 0.632. The Morgan fingerprint density at radius 2 is 1.82 bits per heavy atom. The summed E-state index contributed by atoms with van der Waals surface area (Å²) in [4.78, 5) is 0. The van der Waals surface area contributed by atoms with Crippen LogP contribution in [0.2, 0.25) is 10.0 Å². The second-order valence-corrected chi connectivity index (χ2v) is 7.73. The fraction of sp³-hybridized carbons (Fsp3) is 0.286. The highest BCUT2D eigenvalue weighted by molar-refractivity contribution is 8.12. The molecule has 1 aromatic carbocycles. The molecule has 0 saturated carbocycles. The highest BCUT2D eigenvalue weighted by Gasteiger charge is 2.33. The molecule has 1 unspecified atom stereocenters. The Morgan fingerprint density at radius 1 is 1.23 bits per heavy atom. The van der Waals surface area contributed by atoms with Crippen molar-refractivity contribution in [3.8, 4) is 5.69 Å². The first-order valence-electron chi connectivity index (χ1n) is 6.29. The van der Waals surface area contributed by atoms with E-state index in [2.05, 4.69) is 11.0 Å². The van der Waals surface area contributed by atoms with Gasteiger partial charge in [-0.05, 0) is 19.1 Å². The molecule has 0 aliphatic carbocycles. The van der Waals surface area contributed by atoms with E-state index < -0.39 is 11.7 Å². The number of nitrogens with zero attached hydrogens (tertiary/aromatic N) is 2. The molecule has 22 heavy (non-hydrogen) atoms. The summed E-state index contributed by atoms with van der Waals surface area (Å²) in [6, 6.07) is 1.75. The van der Waals surface area contributed by atoms with Gasteiger partial charge in [-0.3, -0.25) is 0 Å². The Hall–Kier alpha value is -0.980. The molecular formula is C14H11Cl2F3N2S. The SMILES string of the molecule is C=S1Cc2nn(-c3c(Cl)cc(C(F)(F)F)cc3Cl)c(C)c2C1. The molecule has 0 N–H and O–H groups in total. The number of hydrogen-bond acceptors (Lipinski definition) is 1. The predicted molar refractivity (Wildman–Crippen MR) is 85.4 cm³/mol. The number of aromatic nitrogens is 2. The summed E-state index contributed by atoms with van der Waals surface area (Å²) in [5.74, 6) is 5.65. The monoisotopic (exact) mass is 366 g/mol. The zero-order valence-electron chi connectivity index (χ0n) is 11.5. The van der Waals surface area contributed by atoms with Gasteiger partial charge in [0.1, 0.15) is 5.69 Å². The number of alkyl halides is 3. The Morgan fingerprint density at radius 3 is 2.32 bits per heavy atom. The van der Waals surface area contributed by atoms with E-state index in [1.54, 1.807) is 0 Å². The average molecular weight is 367 g/mol. The van der Waals surface area contributed by atoms with Gasteiger partial charge >= 0.3 is 6.18 Å². The Bertz CT molecular complexity index is 773. The van der Waals surface area contributed by atoms with Crippen LogP contribution < -0.4 is 0 Å². The van der Waals surface area contributed by atoms with Crippen molar-refractivity contribution in [3.63, 3.8) is 0 Å². The summed E-state index contributed by atoms with van der Waals surface area (Å²) >= 11 is 12.1. The lowest BCUT2D eigenvalue weighted by Crippen LogP contribution is -2.08. The van der Waals surface area contributed by atoms with Crippen LogP contribution in [0.25, 0.3) is 5.69 Å². The second kappa shape index (κ2) is 5.28. The first-order valence-corrected chi connectivity index (χ1v) is 8.78. The molecule has 2 aromatic rings. The molecule has 118 valence electrons. The lowest BCUT2D eigenvalue weighted by atomic mass is 10.2. The third-order valence-electron chi connectivity index (χ3n) is 3.57. The fourth-order valence-electron chi connectivity index (χ4n) is 2.49. The summed E-state index contributed by atoms with van der Waals surface area (Å²) in [6.07, 6.45) is -4.49. The summed E-state index contributed by atoms with van der Waals surface area (Å²) in [6.45, 7) is 1.86. The van der Waals surface area contributed by atoms with Crippen molar-refractivity contribution < 1.29 is 13.2 Å². The lowest BCUT2D eigenvalue weighted by molar-refractivity contribution is -0.137. The molecule has 0 amide bonds. The topological polar surface area (TPSA) is 17.8 Å². The Labute approximate surface area is 137 Å². The minimum atomic E-state index is -4.49. The van der Waals surface area contributed by atoms with Gasteiger partial charge in [-0.15, -0.1) is 0 Å². The van der Waals surface area contributed by atoms with Crippen LogP contribution in [0.3, 0.4) is 0 Å². The van der Waals surface area contributed by atoms with E-state index in [-0.39, 0.29) is 26.2 Å². The first-order chi connectivity index (χ1) is 10.2. The highest BCUT2D eigenvalue weighted by Crippen LogP contribution is 2.40. The molecule has 2 heterocycles. The maximum atomic E-state index is 12.8. The smallest absolute Gasteiger partial charge is 0.234 e. The number of halogens is 5. The number of benzene rings is 1. The molecule has 3 rings (SSSR count). The normalized spacial score (nSPS) is 17.8. The maximum Gasteiger partial charge on any atom is 0.416 e. The van der Waals surface area contributed by atoms with Crippen LogP contribution in [0.15, 0.2) is 12.1 Å². The van der Waals surface area contributed by atoms with Gasteiger partial charge in [-0.2, -0.15) is 28.8 Å². The van der Waals surface area contributed by atoms with E-state index in [1.165, 1.54) is 4.68 Å². The molecule has 0 fully saturated rings. The first kappa shape index (κ1) is 15.9. The van der Waals surface area contributed by atoms with Crippen LogP contribution in [-0.4, -0.2) is 15.7 Å². The average Bonchev–Trinajstić information content (AvgIpc) is 2.87. The van der Waals surface area contributed by atoms with Crippen LogP contribution in [0.4, 0.5) is 13.2 Å². The summed E-state index contributed by atoms with van der Waals surface area (Å²) in [5, 5.41) is 4.31. The maximum absolute atomic E-state index is 12.8. The van der Waals surface area contributed by atoms with Gasteiger partial charge in [0.2, 0.25) is 0 Å². The third kappa shape index (κ3) is 2.57. The standard InChI is InChI=1S/C14H11Cl2F3N2S/c1-7-9-5-22(2)6-12(9)20-21(7)13-10(15)3-8(4-11(13)16)14(17,18)19/h3-4H,2,5-6H2,1H3. The molecule has 1 aliphatic rings. The summed E-state index contributed by atoms with van der Waals surface area (Å²) in [5.41, 5.74) is 2.26. The highest BCUT2D eigenvalue weighted by atomic mass is 35.5. The van der Waals surface area contributed by atoms with Crippen LogP contribution in [0.5, 0.6) is 0 Å². The molecular weight excluding hydrogens is 356 g/mol. The van der Waals surface area contributed by atoms with Gasteiger partial charge in [0.25, 0.3) is 0 Å². The van der Waals surface area contributed by atoms with Gasteiger partial charge < -0.3 is 0 Å². The summed E-state index contributed by atoms with van der Waals surface area (Å²) in [7, 11) is 0.0201. The lowest BCUT2D eigenvalue weighted by Gasteiger charge is -2.14. The largest absolute Gasteiger partial charge is 0.416 e. The van der Waals surface area contributed by atoms with Gasteiger partial charge in [-0.1, -0.05) is 29.1 Å². The van der Waals surface area contributed by atoms with E-state index in [9.17, 15) is 13.2 Å². The number of fused-ring (bicyclic) bond motifs is 1. The minimum absolute atomic E-state index is 0.0201. The van der Waals surface area contributed by atoms with Crippen molar-refractivity contribution in [2.45, 2.75) is 24.6 Å².